The van der Waals surface area contributed by atoms with Crippen molar-refractivity contribution in [3.63, 3.8) is 0 Å². The molecule has 1 fully saturated rings. The Morgan fingerprint density at radius 3 is 2.12 bits per heavy atom. The van der Waals surface area contributed by atoms with E-state index >= 15 is 0 Å². The molecule has 0 radical (unpaired) electrons. The first-order valence-electron chi connectivity index (χ1n) is 17.6. The van der Waals surface area contributed by atoms with Crippen LogP contribution in [0.3, 0.4) is 0 Å². The molecule has 0 bridgehead atoms. The van der Waals surface area contributed by atoms with Gasteiger partial charge < -0.3 is 4.74 Å². The molecule has 0 atom stereocenters. The molecule has 0 unspecified atom stereocenters. The second kappa shape index (κ2) is 12.7. The molecule has 4 aromatic carbocycles. The number of fused-ring (bicyclic) bond motifs is 3. The molecule has 3 aliphatic rings. The van der Waals surface area contributed by atoms with Crippen LogP contribution in [0.5, 0.6) is 11.8 Å². The zero-order valence-corrected chi connectivity index (χ0v) is 30.4. The van der Waals surface area contributed by atoms with Gasteiger partial charge >= 0.3 is 21.1 Å². The third-order valence-electron chi connectivity index (χ3n) is 11.3. The standard InChI is InChI=1S/C45H40N2O.Pt/c1-44(2)20-18-30(19-21-44)35-24-41(31-10-4-3-5-11-31)47-43(25-35)48-42-17-9-16-40(46-42)38-15-8-14-32-22-36-28-45(29-37(36)23-39(32)38)26-33-12-6-7-13-34(33)27-45;/h3-10,12-14,16-17,22-25,30H,18-21,26-29H2,1-2H3;/q-2;+2. The number of hydrogen-bond acceptors (Lipinski definition) is 3. The fourth-order valence-electron chi connectivity index (χ4n) is 8.74. The minimum Gasteiger partial charge on any atom is -0.422 e. The fourth-order valence-corrected chi connectivity index (χ4v) is 8.74. The van der Waals surface area contributed by atoms with Gasteiger partial charge in [-0.05, 0) is 108 Å². The van der Waals surface area contributed by atoms with Gasteiger partial charge in [0.05, 0.1) is 0 Å². The van der Waals surface area contributed by atoms with E-state index in [2.05, 4.69) is 92.7 Å². The Balaban J connectivity index is 0.00000348. The average Bonchev–Trinajstić information content (AvgIpc) is 3.64. The Labute approximate surface area is 304 Å². The SMILES string of the molecule is CC1(C)CCC(c2cc(Oc3cccc(-c4[c-]ccc5cc6c(cc45)CC4(Cc5ccccc5C4)C6)n3)nc(-c3[c-]cccc3)c2)CC1.[Pt+2]. The van der Waals surface area contributed by atoms with Crippen LogP contribution in [0.1, 0.15) is 73.3 Å². The van der Waals surface area contributed by atoms with Crippen LogP contribution in [0.4, 0.5) is 0 Å². The first kappa shape index (κ1) is 32.2. The van der Waals surface area contributed by atoms with Crippen molar-refractivity contribution in [2.45, 2.75) is 71.1 Å². The molecule has 1 spiro atoms. The Morgan fingerprint density at radius 2 is 1.37 bits per heavy atom. The fraction of sp³-hybridized carbons (Fsp3) is 0.289. The molecule has 2 heterocycles. The molecular formula is C45H40N2OPt. The normalized spacial score (nSPS) is 17.4. The maximum Gasteiger partial charge on any atom is 2.00 e. The molecular weight excluding hydrogens is 780 g/mol. The van der Waals surface area contributed by atoms with Gasteiger partial charge in [-0.2, -0.15) is 0 Å². The van der Waals surface area contributed by atoms with Crippen molar-refractivity contribution in [3.05, 3.63) is 143 Å². The van der Waals surface area contributed by atoms with Crippen molar-refractivity contribution < 1.29 is 25.8 Å². The van der Waals surface area contributed by atoms with Gasteiger partial charge in [0.2, 0.25) is 11.8 Å². The minimum atomic E-state index is 0. The molecule has 0 saturated heterocycles. The first-order chi connectivity index (χ1) is 23.4. The van der Waals surface area contributed by atoms with E-state index in [1.54, 1.807) is 0 Å². The predicted molar refractivity (Wildman–Crippen MR) is 193 cm³/mol. The molecule has 2 aromatic heterocycles. The minimum absolute atomic E-state index is 0. The molecule has 0 N–H and O–H groups in total. The van der Waals surface area contributed by atoms with E-state index in [1.807, 2.05) is 36.4 Å². The van der Waals surface area contributed by atoms with Gasteiger partial charge in [-0.1, -0.05) is 79.4 Å². The summed E-state index contributed by atoms with van der Waals surface area (Å²) in [6.07, 6.45) is 9.43. The Kier molecular flexibility index (Phi) is 8.31. The van der Waals surface area contributed by atoms with E-state index in [0.29, 0.717) is 28.5 Å². The molecule has 0 aliphatic heterocycles. The summed E-state index contributed by atoms with van der Waals surface area (Å²) in [6.45, 7) is 4.78. The van der Waals surface area contributed by atoms with Crippen molar-refractivity contribution in [3.8, 4) is 34.3 Å². The topological polar surface area (TPSA) is 35.0 Å². The third kappa shape index (κ3) is 6.28. The number of rotatable bonds is 5. The van der Waals surface area contributed by atoms with Gasteiger partial charge in [0, 0.05) is 6.07 Å². The average molecular weight is 820 g/mol. The summed E-state index contributed by atoms with van der Waals surface area (Å²) in [5, 5.41) is 2.45. The number of hydrogen-bond donors (Lipinski definition) is 0. The van der Waals surface area contributed by atoms with Crippen molar-refractivity contribution in [2.24, 2.45) is 10.8 Å². The molecule has 3 aliphatic carbocycles. The summed E-state index contributed by atoms with van der Waals surface area (Å²) >= 11 is 0. The van der Waals surface area contributed by atoms with Crippen molar-refractivity contribution in [2.75, 3.05) is 0 Å². The van der Waals surface area contributed by atoms with Crippen LogP contribution >= 0.6 is 0 Å². The first-order valence-corrected chi connectivity index (χ1v) is 17.6. The van der Waals surface area contributed by atoms with E-state index in [-0.39, 0.29) is 21.1 Å². The molecule has 1 saturated carbocycles. The summed E-state index contributed by atoms with van der Waals surface area (Å²) in [6, 6.07) is 43.4. The molecule has 0 amide bonds. The molecule has 9 rings (SSSR count). The van der Waals surface area contributed by atoms with Crippen LogP contribution in [-0.4, -0.2) is 9.97 Å². The maximum absolute atomic E-state index is 6.51. The zero-order valence-electron chi connectivity index (χ0n) is 28.2. The smallest absolute Gasteiger partial charge is 0.422 e. The predicted octanol–water partition coefficient (Wildman–Crippen LogP) is 10.9. The van der Waals surface area contributed by atoms with Gasteiger partial charge in [0.1, 0.15) is 0 Å². The van der Waals surface area contributed by atoms with Crippen LogP contribution in [0.15, 0.2) is 103 Å². The van der Waals surface area contributed by atoms with E-state index in [0.717, 1.165) is 35.4 Å². The third-order valence-corrected chi connectivity index (χ3v) is 11.3. The largest absolute Gasteiger partial charge is 2.00 e. The van der Waals surface area contributed by atoms with E-state index in [4.69, 9.17) is 14.7 Å². The molecule has 6 aromatic rings. The maximum atomic E-state index is 6.51. The van der Waals surface area contributed by atoms with E-state index in [9.17, 15) is 0 Å². The summed E-state index contributed by atoms with van der Waals surface area (Å²) in [5.41, 5.74) is 11.8. The Bertz CT molecular complexity index is 2140. The number of ether oxygens (including phenoxy) is 1. The van der Waals surface area contributed by atoms with Crippen molar-refractivity contribution in [1.29, 1.82) is 0 Å². The quantitative estimate of drug-likeness (QED) is 0.163. The van der Waals surface area contributed by atoms with Gasteiger partial charge in [0.15, 0.2) is 0 Å². The van der Waals surface area contributed by atoms with E-state index in [1.165, 1.54) is 77.1 Å². The van der Waals surface area contributed by atoms with Crippen LogP contribution in [0.2, 0.25) is 0 Å². The Morgan fingerprint density at radius 1 is 0.653 bits per heavy atom. The zero-order chi connectivity index (χ0) is 32.3. The molecule has 4 heteroatoms. The van der Waals surface area contributed by atoms with E-state index < -0.39 is 0 Å². The Hall–Kier alpha value is -4.07. The van der Waals surface area contributed by atoms with Gasteiger partial charge in [-0.15, -0.1) is 65.0 Å². The molecule has 49 heavy (non-hydrogen) atoms. The second-order valence-electron chi connectivity index (χ2n) is 15.3. The van der Waals surface area contributed by atoms with Crippen LogP contribution in [0.25, 0.3) is 33.3 Å². The van der Waals surface area contributed by atoms with Crippen LogP contribution < -0.4 is 4.74 Å². The summed E-state index contributed by atoms with van der Waals surface area (Å²) < 4.78 is 6.51. The number of benzene rings is 4. The van der Waals surface area contributed by atoms with Crippen molar-refractivity contribution in [1.82, 2.24) is 9.97 Å². The van der Waals surface area contributed by atoms with Gasteiger partial charge in [-0.25, -0.2) is 0 Å². The second-order valence-corrected chi connectivity index (χ2v) is 15.3. The van der Waals surface area contributed by atoms with Gasteiger partial charge in [-0.3, -0.25) is 9.97 Å². The summed E-state index contributed by atoms with van der Waals surface area (Å²) in [4.78, 5) is 10.0. The van der Waals surface area contributed by atoms with Gasteiger partial charge in [0.25, 0.3) is 0 Å². The summed E-state index contributed by atoms with van der Waals surface area (Å²) in [7, 11) is 0. The number of pyridine rings is 2. The van der Waals surface area contributed by atoms with Crippen LogP contribution in [-0.2, 0) is 46.7 Å². The molecule has 246 valence electrons. The summed E-state index contributed by atoms with van der Waals surface area (Å²) in [5.74, 6) is 1.62. The van der Waals surface area contributed by atoms with Crippen LogP contribution in [0, 0.1) is 23.0 Å². The van der Waals surface area contributed by atoms with Crippen molar-refractivity contribution >= 4 is 10.8 Å². The number of nitrogens with zero attached hydrogens (tertiary/aromatic N) is 2. The number of aromatic nitrogens is 2. The monoisotopic (exact) mass is 819 g/mol. The molecule has 3 nitrogen and oxygen atoms in total.